The maximum atomic E-state index is 13.4. The molecule has 1 aliphatic heterocycles. The van der Waals surface area contributed by atoms with Crippen LogP contribution in [0.4, 0.5) is 5.82 Å². The molecule has 1 aromatic heterocycles. The minimum atomic E-state index is 0.0275. The zero-order valence-electron chi connectivity index (χ0n) is 17.1. The molecule has 2 heterocycles. The Morgan fingerprint density at radius 3 is 2.38 bits per heavy atom. The molecule has 4 bridgehead atoms. The van der Waals surface area contributed by atoms with E-state index >= 15 is 0 Å². The predicted molar refractivity (Wildman–Crippen MR) is 113 cm³/mol. The molecule has 4 aliphatic carbocycles. The van der Waals surface area contributed by atoms with Gasteiger partial charge in [0.15, 0.2) is 0 Å². The van der Waals surface area contributed by atoms with Crippen molar-refractivity contribution in [1.82, 2.24) is 15.1 Å². The quantitative estimate of drug-likeness (QED) is 0.799. The molecular formula is C24H30N4O. The van der Waals surface area contributed by atoms with E-state index in [1.165, 1.54) is 44.1 Å². The topological polar surface area (TPSA) is 59.0 Å². The lowest BCUT2D eigenvalue weighted by atomic mass is 9.53. The summed E-state index contributed by atoms with van der Waals surface area (Å²) in [6, 6.07) is 11.0. The third-order valence-electron chi connectivity index (χ3n) is 7.96. The Balaban J connectivity index is 1.27. The Morgan fingerprint density at radius 1 is 1.07 bits per heavy atom. The van der Waals surface area contributed by atoms with Crippen molar-refractivity contribution in [2.75, 3.05) is 5.32 Å². The monoisotopic (exact) mass is 390 g/mol. The number of hydrogen-bond donors (Lipinski definition) is 2. The Morgan fingerprint density at radius 2 is 1.72 bits per heavy atom. The van der Waals surface area contributed by atoms with Gasteiger partial charge in [-0.2, -0.15) is 5.10 Å². The minimum absolute atomic E-state index is 0.0275. The standard InChI is InChI=1S/C24H30N4O/c1-15-7-21(19-5-3-2-4-6-19)26-22-20(14-25-28(15)22)23(29)27-24-11-16-8-17(12-24)10-18(9-16)13-24/h2-6,14-18,21,26H,7-13H2,1H3,(H,27,29)/t15-,16?,17?,18?,21-,24?/m0/s1. The van der Waals surface area contributed by atoms with Crippen LogP contribution in [0.25, 0.3) is 0 Å². The van der Waals surface area contributed by atoms with Gasteiger partial charge in [0.2, 0.25) is 0 Å². The van der Waals surface area contributed by atoms with Crippen LogP contribution in [0.1, 0.15) is 79.9 Å². The summed E-state index contributed by atoms with van der Waals surface area (Å²) in [5.41, 5.74) is 1.99. The predicted octanol–water partition coefficient (Wildman–Crippen LogP) is 4.70. The first-order valence-corrected chi connectivity index (χ1v) is 11.3. The van der Waals surface area contributed by atoms with Crippen LogP contribution in [-0.4, -0.2) is 21.2 Å². The molecule has 5 nitrogen and oxygen atoms in total. The number of carbonyl (C=O) groups is 1. The summed E-state index contributed by atoms with van der Waals surface area (Å²) >= 11 is 0. The van der Waals surface area contributed by atoms with Gasteiger partial charge in [0.05, 0.1) is 18.3 Å². The molecule has 2 atom stereocenters. The highest BCUT2D eigenvalue weighted by atomic mass is 16.1. The molecule has 7 rings (SSSR count). The number of anilines is 1. The van der Waals surface area contributed by atoms with Crippen LogP contribution in [0.5, 0.6) is 0 Å². The summed E-state index contributed by atoms with van der Waals surface area (Å²) < 4.78 is 1.99. The molecule has 5 aliphatic rings. The number of carbonyl (C=O) groups excluding carboxylic acids is 1. The van der Waals surface area contributed by atoms with Gasteiger partial charge in [0.1, 0.15) is 11.4 Å². The Labute approximate surface area is 172 Å². The number of fused-ring (bicyclic) bond motifs is 1. The molecule has 0 saturated heterocycles. The summed E-state index contributed by atoms with van der Waals surface area (Å²) in [4.78, 5) is 13.4. The lowest BCUT2D eigenvalue weighted by molar-refractivity contribution is -0.0166. The molecule has 1 amide bonds. The summed E-state index contributed by atoms with van der Waals surface area (Å²) in [5, 5.41) is 11.7. The van der Waals surface area contributed by atoms with Crippen LogP contribution in [0.2, 0.25) is 0 Å². The normalized spacial score (nSPS) is 37.1. The summed E-state index contributed by atoms with van der Waals surface area (Å²) in [5.74, 6) is 3.40. The van der Waals surface area contributed by atoms with Gasteiger partial charge in [-0.15, -0.1) is 0 Å². The van der Waals surface area contributed by atoms with Crippen molar-refractivity contribution in [3.63, 3.8) is 0 Å². The molecule has 4 saturated carbocycles. The molecule has 4 fully saturated rings. The number of aromatic nitrogens is 2. The van der Waals surface area contributed by atoms with E-state index in [1.807, 2.05) is 10.7 Å². The zero-order valence-corrected chi connectivity index (χ0v) is 17.1. The van der Waals surface area contributed by atoms with E-state index in [4.69, 9.17) is 0 Å². The molecule has 0 spiro atoms. The number of nitrogens with one attached hydrogen (secondary N) is 2. The van der Waals surface area contributed by atoms with E-state index in [0.717, 1.165) is 30.0 Å². The third-order valence-corrected chi connectivity index (χ3v) is 7.96. The number of benzene rings is 1. The van der Waals surface area contributed by atoms with Gasteiger partial charge in [-0.05, 0) is 75.2 Å². The van der Waals surface area contributed by atoms with E-state index in [2.05, 4.69) is 46.9 Å². The highest BCUT2D eigenvalue weighted by molar-refractivity contribution is 5.99. The van der Waals surface area contributed by atoms with Crippen molar-refractivity contribution in [3.05, 3.63) is 47.7 Å². The minimum Gasteiger partial charge on any atom is -0.363 e. The smallest absolute Gasteiger partial charge is 0.257 e. The van der Waals surface area contributed by atoms with Crippen LogP contribution in [0, 0.1) is 17.8 Å². The lowest BCUT2D eigenvalue weighted by Crippen LogP contribution is -2.59. The molecule has 0 unspecified atom stereocenters. The molecule has 0 radical (unpaired) electrons. The second kappa shape index (κ2) is 6.35. The average molecular weight is 391 g/mol. The Hall–Kier alpha value is -2.30. The Bertz CT molecular complexity index is 898. The van der Waals surface area contributed by atoms with Gasteiger partial charge in [0, 0.05) is 5.54 Å². The van der Waals surface area contributed by atoms with Crippen LogP contribution >= 0.6 is 0 Å². The number of hydrogen-bond acceptors (Lipinski definition) is 3. The summed E-state index contributed by atoms with van der Waals surface area (Å²) in [6.45, 7) is 2.19. The molecule has 1 aromatic carbocycles. The molecule has 2 aromatic rings. The van der Waals surface area contributed by atoms with Crippen molar-refractivity contribution < 1.29 is 4.79 Å². The van der Waals surface area contributed by atoms with E-state index in [9.17, 15) is 4.79 Å². The fourth-order valence-electron chi connectivity index (χ4n) is 7.15. The van der Waals surface area contributed by atoms with Gasteiger partial charge in [-0.1, -0.05) is 30.3 Å². The summed E-state index contributed by atoms with van der Waals surface area (Å²) in [6.07, 6.45) is 10.4. The van der Waals surface area contributed by atoms with E-state index in [-0.39, 0.29) is 23.5 Å². The molecular weight excluding hydrogens is 360 g/mol. The van der Waals surface area contributed by atoms with Gasteiger partial charge >= 0.3 is 0 Å². The van der Waals surface area contributed by atoms with E-state index < -0.39 is 0 Å². The van der Waals surface area contributed by atoms with Crippen LogP contribution < -0.4 is 10.6 Å². The molecule has 29 heavy (non-hydrogen) atoms. The molecule has 5 heteroatoms. The number of amides is 1. The largest absolute Gasteiger partial charge is 0.363 e. The van der Waals surface area contributed by atoms with Crippen LogP contribution in [-0.2, 0) is 0 Å². The SMILES string of the molecule is C[C@H]1C[C@@H](c2ccccc2)Nc2c(C(=O)NC34CC5CC(CC(C5)C3)C4)cnn21. The van der Waals surface area contributed by atoms with Crippen molar-refractivity contribution in [1.29, 1.82) is 0 Å². The second-order valence-corrected chi connectivity index (χ2v) is 10.2. The van der Waals surface area contributed by atoms with Crippen molar-refractivity contribution in [2.24, 2.45) is 17.8 Å². The first kappa shape index (κ1) is 17.5. The van der Waals surface area contributed by atoms with Crippen molar-refractivity contribution >= 4 is 11.7 Å². The van der Waals surface area contributed by atoms with Gasteiger partial charge in [-0.3, -0.25) is 4.79 Å². The van der Waals surface area contributed by atoms with E-state index in [1.54, 1.807) is 6.20 Å². The highest BCUT2D eigenvalue weighted by Gasteiger charge is 2.51. The van der Waals surface area contributed by atoms with E-state index in [0.29, 0.717) is 5.56 Å². The van der Waals surface area contributed by atoms with Gasteiger partial charge in [-0.25, -0.2) is 4.68 Å². The number of nitrogens with zero attached hydrogens (tertiary/aromatic N) is 2. The van der Waals surface area contributed by atoms with Crippen LogP contribution in [0.3, 0.4) is 0 Å². The Kier molecular flexibility index (Phi) is 3.84. The maximum Gasteiger partial charge on any atom is 0.257 e. The fourth-order valence-corrected chi connectivity index (χ4v) is 7.15. The first-order valence-electron chi connectivity index (χ1n) is 11.3. The maximum absolute atomic E-state index is 13.4. The summed E-state index contributed by atoms with van der Waals surface area (Å²) in [7, 11) is 0. The number of rotatable bonds is 3. The van der Waals surface area contributed by atoms with Crippen molar-refractivity contribution in [2.45, 2.75) is 69.5 Å². The first-order chi connectivity index (χ1) is 14.1. The second-order valence-electron chi connectivity index (χ2n) is 10.2. The van der Waals surface area contributed by atoms with Gasteiger partial charge in [0.25, 0.3) is 5.91 Å². The highest BCUT2D eigenvalue weighted by Crippen LogP contribution is 2.55. The fraction of sp³-hybridized carbons (Fsp3) is 0.583. The molecule has 2 N–H and O–H groups in total. The van der Waals surface area contributed by atoms with Crippen molar-refractivity contribution in [3.8, 4) is 0 Å². The van der Waals surface area contributed by atoms with Crippen LogP contribution in [0.15, 0.2) is 36.5 Å². The molecule has 152 valence electrons. The zero-order chi connectivity index (χ0) is 19.6. The lowest BCUT2D eigenvalue weighted by Gasteiger charge is -2.56. The average Bonchev–Trinajstić information content (AvgIpc) is 3.12. The van der Waals surface area contributed by atoms with Gasteiger partial charge < -0.3 is 10.6 Å². The third kappa shape index (κ3) is 2.89.